The maximum atomic E-state index is 2.62. The van der Waals surface area contributed by atoms with Crippen molar-refractivity contribution in [3.8, 4) is 61.3 Å². The molecular formula is C85H98N2. The second-order valence-electron chi connectivity index (χ2n) is 23.7. The number of nitrogens with zero attached hydrogens (tertiary/aromatic N) is 2. The lowest BCUT2D eigenvalue weighted by Crippen LogP contribution is -2.10. The standard InChI is InChI=1S/C81H86N2.2C2H6/c1-7-12-14-17-24-69-56-77(71-43-53-81-79(57-71)78-54-58(6)26-52-80(78)83(81)75-48-39-67(40-49-75)64-33-31-62(32-34-64)60(10-4)11-5)70(25-18-15-13-8-2)55-76(69)68-41-50-74(51-42-68)82(72-44-35-65(36-45-72)61-22-19-16-20-23-61)73-46-37-66(38-47-73)63-29-27-59(21-9-3)28-30-63;2*1-2/h16,19-20,22-23,26-53,55-58,60H,7-15,17-18,21,24-25,54H2,1-6H3;2*1-2H3. The minimum Gasteiger partial charge on any atom is -0.311 e. The SMILES string of the molecule is CC.CC.CCCCCCc1cc(-c2ccc3c(c2)c2c(n3-c3ccc(-c4ccc(C(CC)CC)cc4)cc3)C=CC(C)C2)c(CCCCCC)cc1-c1ccc(N(c2ccc(-c3ccccc3)cc2)c2ccc(-c3ccc(CCC)cc3)cc2)cc1. The van der Waals surface area contributed by atoms with E-state index in [0.717, 1.165) is 49.2 Å². The lowest BCUT2D eigenvalue weighted by Gasteiger charge is -2.26. The van der Waals surface area contributed by atoms with Crippen molar-refractivity contribution in [2.45, 2.75) is 171 Å². The number of rotatable bonds is 24. The average Bonchev–Trinajstić information content (AvgIpc) is 1.78. The maximum Gasteiger partial charge on any atom is 0.0538 e. The summed E-state index contributed by atoms with van der Waals surface area (Å²) >= 11 is 0. The first-order chi connectivity index (χ1) is 42.8. The van der Waals surface area contributed by atoms with Crippen molar-refractivity contribution < 1.29 is 0 Å². The number of benzene rings is 9. The van der Waals surface area contributed by atoms with Crippen LogP contribution in [-0.2, 0) is 25.7 Å². The molecule has 0 fully saturated rings. The van der Waals surface area contributed by atoms with Crippen LogP contribution in [0, 0.1) is 5.92 Å². The monoisotopic (exact) mass is 1150 g/mol. The number of fused-ring (bicyclic) bond motifs is 3. The first kappa shape index (κ1) is 63.6. The number of hydrogen-bond acceptors (Lipinski definition) is 1. The van der Waals surface area contributed by atoms with Gasteiger partial charge in [-0.05, 0) is 213 Å². The fourth-order valence-corrected chi connectivity index (χ4v) is 13.1. The van der Waals surface area contributed by atoms with Gasteiger partial charge in [0.2, 0.25) is 0 Å². The van der Waals surface area contributed by atoms with Gasteiger partial charge in [-0.3, -0.25) is 0 Å². The van der Waals surface area contributed by atoms with Crippen molar-refractivity contribution in [1.29, 1.82) is 0 Å². The van der Waals surface area contributed by atoms with Gasteiger partial charge in [0, 0.05) is 33.8 Å². The van der Waals surface area contributed by atoms with E-state index < -0.39 is 0 Å². The van der Waals surface area contributed by atoms with E-state index in [4.69, 9.17) is 0 Å². The van der Waals surface area contributed by atoms with Gasteiger partial charge in [0.1, 0.15) is 0 Å². The van der Waals surface area contributed by atoms with E-state index in [2.05, 4.69) is 269 Å². The minimum atomic E-state index is 0.483. The van der Waals surface area contributed by atoms with Gasteiger partial charge in [-0.15, -0.1) is 0 Å². The summed E-state index contributed by atoms with van der Waals surface area (Å²) in [5, 5.41) is 1.38. The van der Waals surface area contributed by atoms with Gasteiger partial charge in [-0.2, -0.15) is 0 Å². The number of aryl methyl sites for hydroxylation is 3. The van der Waals surface area contributed by atoms with Crippen LogP contribution in [0.4, 0.5) is 17.1 Å². The Labute approximate surface area is 525 Å². The molecule has 0 bridgehead atoms. The molecule has 0 amide bonds. The summed E-state index contributed by atoms with van der Waals surface area (Å²) in [7, 11) is 0. The molecule has 0 saturated carbocycles. The highest BCUT2D eigenvalue weighted by Crippen LogP contribution is 2.43. The number of unbranched alkanes of at least 4 members (excludes halogenated alkanes) is 6. The number of aromatic nitrogens is 1. The van der Waals surface area contributed by atoms with Gasteiger partial charge in [-0.1, -0.05) is 266 Å². The Balaban J connectivity index is 0.00000221. The molecule has 1 heterocycles. The van der Waals surface area contributed by atoms with Crippen molar-refractivity contribution in [3.63, 3.8) is 0 Å². The number of hydrogen-bond donors (Lipinski definition) is 0. The van der Waals surface area contributed by atoms with Gasteiger partial charge >= 0.3 is 0 Å². The molecule has 1 aliphatic rings. The van der Waals surface area contributed by atoms with Crippen molar-refractivity contribution in [2.24, 2.45) is 5.92 Å². The second kappa shape index (κ2) is 31.6. The molecule has 0 aliphatic heterocycles. The van der Waals surface area contributed by atoms with Crippen LogP contribution < -0.4 is 4.90 Å². The first-order valence-corrected chi connectivity index (χ1v) is 33.8. The largest absolute Gasteiger partial charge is 0.311 e. The third-order valence-corrected chi connectivity index (χ3v) is 17.9. The summed E-state index contributed by atoms with van der Waals surface area (Å²) < 4.78 is 2.53. The van der Waals surface area contributed by atoms with Crippen LogP contribution >= 0.6 is 0 Å². The molecule has 1 aromatic heterocycles. The molecule has 1 atom stereocenters. The Morgan fingerprint density at radius 2 is 0.874 bits per heavy atom. The van der Waals surface area contributed by atoms with Crippen LogP contribution in [0.3, 0.4) is 0 Å². The third-order valence-electron chi connectivity index (χ3n) is 17.9. The highest BCUT2D eigenvalue weighted by atomic mass is 15.1. The molecule has 10 aromatic rings. The van der Waals surface area contributed by atoms with Crippen molar-refractivity contribution in [3.05, 3.63) is 246 Å². The van der Waals surface area contributed by atoms with Crippen LogP contribution in [0.2, 0.25) is 0 Å². The number of allylic oxidation sites excluding steroid dienone is 1. The quantitative estimate of drug-likeness (QED) is 0.0548. The molecule has 11 rings (SSSR count). The molecule has 0 spiro atoms. The summed E-state index contributed by atoms with van der Waals surface area (Å²) in [6, 6.07) is 78.8. The van der Waals surface area contributed by atoms with Crippen molar-refractivity contribution in [2.75, 3.05) is 4.90 Å². The van der Waals surface area contributed by atoms with Crippen LogP contribution in [0.15, 0.2) is 212 Å². The first-order valence-electron chi connectivity index (χ1n) is 33.8. The Morgan fingerprint density at radius 3 is 1.37 bits per heavy atom. The van der Waals surface area contributed by atoms with E-state index in [9.17, 15) is 0 Å². The fourth-order valence-electron chi connectivity index (χ4n) is 13.1. The molecular weight excluding hydrogens is 1050 g/mol. The zero-order chi connectivity index (χ0) is 61.1. The zero-order valence-corrected chi connectivity index (χ0v) is 54.4. The lowest BCUT2D eigenvalue weighted by atomic mass is 9.86. The van der Waals surface area contributed by atoms with E-state index in [1.807, 2.05) is 27.7 Å². The molecule has 2 nitrogen and oxygen atoms in total. The van der Waals surface area contributed by atoms with E-state index in [1.165, 1.54) is 170 Å². The van der Waals surface area contributed by atoms with Crippen LogP contribution in [-0.4, -0.2) is 4.57 Å². The second-order valence-corrected chi connectivity index (χ2v) is 23.7. The lowest BCUT2D eigenvalue weighted by molar-refractivity contribution is 0.642. The Morgan fingerprint density at radius 1 is 0.425 bits per heavy atom. The average molecular weight is 1150 g/mol. The summed E-state index contributed by atoms with van der Waals surface area (Å²) in [6.45, 7) is 21.9. The Hall–Kier alpha value is -7.94. The molecule has 448 valence electrons. The fraction of sp³-hybridized carbons (Fsp3) is 0.318. The van der Waals surface area contributed by atoms with Crippen LogP contribution in [0.5, 0.6) is 0 Å². The van der Waals surface area contributed by atoms with E-state index in [1.54, 1.807) is 0 Å². The van der Waals surface area contributed by atoms with Gasteiger partial charge in [-0.25, -0.2) is 0 Å². The third kappa shape index (κ3) is 15.1. The van der Waals surface area contributed by atoms with Crippen molar-refractivity contribution in [1.82, 2.24) is 4.57 Å². The van der Waals surface area contributed by atoms with E-state index >= 15 is 0 Å². The smallest absolute Gasteiger partial charge is 0.0538 e. The molecule has 0 N–H and O–H groups in total. The van der Waals surface area contributed by atoms with Gasteiger partial charge in [0.05, 0.1) is 5.52 Å². The summed E-state index contributed by atoms with van der Waals surface area (Å²) in [4.78, 5) is 2.42. The van der Waals surface area contributed by atoms with Gasteiger partial charge < -0.3 is 9.47 Å². The maximum absolute atomic E-state index is 2.62. The summed E-state index contributed by atoms with van der Waals surface area (Å²) in [5.74, 6) is 1.11. The molecule has 9 aromatic carbocycles. The molecule has 2 heteroatoms. The molecule has 87 heavy (non-hydrogen) atoms. The van der Waals surface area contributed by atoms with E-state index in [-0.39, 0.29) is 0 Å². The van der Waals surface area contributed by atoms with Crippen LogP contribution in [0.25, 0.3) is 78.3 Å². The summed E-state index contributed by atoms with van der Waals surface area (Å²) in [6.07, 6.45) is 22.4. The van der Waals surface area contributed by atoms with Gasteiger partial charge in [0.25, 0.3) is 0 Å². The van der Waals surface area contributed by atoms with Gasteiger partial charge in [0.15, 0.2) is 0 Å². The topological polar surface area (TPSA) is 8.17 Å². The van der Waals surface area contributed by atoms with Crippen LogP contribution in [0.1, 0.15) is 179 Å². The summed E-state index contributed by atoms with van der Waals surface area (Å²) in [5.41, 5.74) is 27.3. The van der Waals surface area contributed by atoms with E-state index in [0.29, 0.717) is 11.8 Å². The number of anilines is 3. The van der Waals surface area contributed by atoms with Crippen molar-refractivity contribution >= 4 is 34.0 Å². The molecule has 1 aliphatic carbocycles. The molecule has 0 saturated heterocycles. The highest BCUT2D eigenvalue weighted by Gasteiger charge is 2.24. The molecule has 0 radical (unpaired) electrons. The zero-order valence-electron chi connectivity index (χ0n) is 54.4. The molecule has 1 unspecified atom stereocenters. The predicted octanol–water partition coefficient (Wildman–Crippen LogP) is 25.8. The predicted molar refractivity (Wildman–Crippen MR) is 383 cm³/mol. The Kier molecular flexibility index (Phi) is 23.1. The highest BCUT2D eigenvalue weighted by molar-refractivity contribution is 5.95. The Bertz CT molecular complexity index is 3720. The normalized spacial score (nSPS) is 12.6. The minimum absolute atomic E-state index is 0.483.